The van der Waals surface area contributed by atoms with Crippen molar-refractivity contribution in [2.24, 2.45) is 5.73 Å². The van der Waals surface area contributed by atoms with Crippen LogP contribution in [0.2, 0.25) is 0 Å². The summed E-state index contributed by atoms with van der Waals surface area (Å²) in [5, 5.41) is 6.74. The van der Waals surface area contributed by atoms with E-state index in [1.807, 2.05) is 0 Å². The van der Waals surface area contributed by atoms with E-state index >= 15 is 0 Å². The van der Waals surface area contributed by atoms with Crippen LogP contribution in [0.1, 0.15) is 6.92 Å². The molecule has 0 aromatic rings. The second kappa shape index (κ2) is 6.72. The lowest BCUT2D eigenvalue weighted by atomic mass is 10.3. The molecule has 0 aromatic carbocycles. The summed E-state index contributed by atoms with van der Waals surface area (Å²) >= 11 is 4.52. The van der Waals surface area contributed by atoms with Gasteiger partial charge in [-0.2, -0.15) is 0 Å². The van der Waals surface area contributed by atoms with Gasteiger partial charge in [-0.1, -0.05) is 12.2 Å². The molecule has 0 aliphatic rings. The molecule has 7 nitrogen and oxygen atoms in total. The molecule has 0 saturated heterocycles. The summed E-state index contributed by atoms with van der Waals surface area (Å²) in [5.41, 5.74) is 5.13. The van der Waals surface area contributed by atoms with Crippen molar-refractivity contribution in [3.63, 3.8) is 0 Å². The summed E-state index contributed by atoms with van der Waals surface area (Å²) in [6, 6.07) is -0.784. The summed E-state index contributed by atoms with van der Waals surface area (Å²) in [6.45, 7) is 1.40. The van der Waals surface area contributed by atoms with E-state index in [0.29, 0.717) is 0 Å². The molecule has 90 valence electrons. The van der Waals surface area contributed by atoms with Crippen LogP contribution >= 0.6 is 12.2 Å². The largest absolute Gasteiger partial charge is 0.392 e. The van der Waals surface area contributed by atoms with Gasteiger partial charge < -0.3 is 21.7 Å². The third-order valence-corrected chi connectivity index (χ3v) is 1.76. The fraction of sp³-hybridized carbons (Fsp3) is 0.500. The van der Waals surface area contributed by atoms with E-state index < -0.39 is 23.8 Å². The second-order valence-electron chi connectivity index (χ2n) is 2.96. The molecule has 16 heavy (non-hydrogen) atoms. The smallest absolute Gasteiger partial charge is 0.309 e. The molecule has 0 aromatic heterocycles. The van der Waals surface area contributed by atoms with E-state index in [1.165, 1.54) is 14.0 Å². The van der Waals surface area contributed by atoms with Crippen molar-refractivity contribution >= 4 is 34.9 Å². The third kappa shape index (κ3) is 5.25. The lowest BCUT2D eigenvalue weighted by Crippen LogP contribution is -2.49. The average Bonchev–Trinajstić information content (AvgIpc) is 2.24. The quantitative estimate of drug-likeness (QED) is 0.327. The first-order valence-corrected chi connectivity index (χ1v) is 4.88. The van der Waals surface area contributed by atoms with E-state index in [9.17, 15) is 14.4 Å². The monoisotopic (exact) mass is 246 g/mol. The molecule has 0 aliphatic carbocycles. The number of nitrogens with one attached hydrogen (secondary N) is 3. The Kier molecular flexibility index (Phi) is 6.01. The molecule has 8 heteroatoms. The van der Waals surface area contributed by atoms with E-state index in [2.05, 4.69) is 28.2 Å². The van der Waals surface area contributed by atoms with Crippen LogP contribution in [0.15, 0.2) is 0 Å². The number of likely N-dealkylation sites (N-methyl/N-ethyl adjacent to an activating group) is 1. The Hall–Kier alpha value is -1.70. The molecule has 0 aliphatic heterocycles. The molecule has 0 fully saturated rings. The molecular weight excluding hydrogens is 232 g/mol. The van der Waals surface area contributed by atoms with E-state index in [1.54, 1.807) is 0 Å². The highest BCUT2D eigenvalue weighted by molar-refractivity contribution is 7.80. The van der Waals surface area contributed by atoms with Gasteiger partial charge in [-0.05, 0) is 6.92 Å². The van der Waals surface area contributed by atoms with Crippen LogP contribution in [0, 0.1) is 0 Å². The van der Waals surface area contributed by atoms with E-state index in [0.717, 1.165) is 0 Å². The van der Waals surface area contributed by atoms with Crippen molar-refractivity contribution < 1.29 is 14.4 Å². The maximum Gasteiger partial charge on any atom is 0.309 e. The Bertz CT molecular complexity index is 318. The average molecular weight is 246 g/mol. The van der Waals surface area contributed by atoms with Crippen molar-refractivity contribution in [2.45, 2.75) is 13.0 Å². The van der Waals surface area contributed by atoms with Crippen molar-refractivity contribution in [1.82, 2.24) is 16.0 Å². The highest BCUT2D eigenvalue weighted by Gasteiger charge is 2.19. The number of nitrogens with two attached hydrogens (primary N) is 1. The van der Waals surface area contributed by atoms with Crippen LogP contribution < -0.4 is 21.7 Å². The molecule has 5 N–H and O–H groups in total. The maximum absolute atomic E-state index is 11.2. The van der Waals surface area contributed by atoms with Crippen LogP contribution in [0.3, 0.4) is 0 Å². The van der Waals surface area contributed by atoms with Crippen LogP contribution in [0.25, 0.3) is 0 Å². The van der Waals surface area contributed by atoms with Gasteiger partial charge in [0, 0.05) is 7.05 Å². The molecule has 0 rings (SSSR count). The van der Waals surface area contributed by atoms with Crippen LogP contribution in [-0.2, 0) is 14.4 Å². The van der Waals surface area contributed by atoms with Crippen molar-refractivity contribution in [3.05, 3.63) is 0 Å². The SMILES string of the molecule is CNC(=O)C(C)NC(=O)C(=O)NCC(N)=S. The number of carbonyl (C=O) groups excluding carboxylic acids is 3. The third-order valence-electron chi connectivity index (χ3n) is 1.62. The number of rotatable bonds is 4. The summed E-state index contributed by atoms with van der Waals surface area (Å²) in [4.78, 5) is 33.4. The van der Waals surface area contributed by atoms with Gasteiger partial charge in [-0.15, -0.1) is 0 Å². The first-order valence-electron chi connectivity index (χ1n) is 4.47. The minimum Gasteiger partial charge on any atom is -0.392 e. The summed E-state index contributed by atoms with van der Waals surface area (Å²) in [5.74, 6) is -2.19. The Morgan fingerprint density at radius 3 is 2.31 bits per heavy atom. The maximum atomic E-state index is 11.2. The Balaban J connectivity index is 4.10. The van der Waals surface area contributed by atoms with Gasteiger partial charge >= 0.3 is 11.8 Å². The van der Waals surface area contributed by atoms with Crippen molar-refractivity contribution in [3.8, 4) is 0 Å². The number of hydrogen-bond acceptors (Lipinski definition) is 4. The first-order chi connectivity index (χ1) is 7.38. The van der Waals surface area contributed by atoms with Crippen molar-refractivity contribution in [1.29, 1.82) is 0 Å². The van der Waals surface area contributed by atoms with E-state index in [-0.39, 0.29) is 11.5 Å². The van der Waals surface area contributed by atoms with Gasteiger partial charge in [0.05, 0.1) is 11.5 Å². The Morgan fingerprint density at radius 2 is 1.88 bits per heavy atom. The van der Waals surface area contributed by atoms with Gasteiger partial charge in [-0.25, -0.2) is 0 Å². The summed E-state index contributed by atoms with van der Waals surface area (Å²) in [6.07, 6.45) is 0. The van der Waals surface area contributed by atoms with Crippen molar-refractivity contribution in [2.75, 3.05) is 13.6 Å². The Morgan fingerprint density at radius 1 is 1.31 bits per heavy atom. The van der Waals surface area contributed by atoms with Gasteiger partial charge in [0.15, 0.2) is 0 Å². The second-order valence-corrected chi connectivity index (χ2v) is 3.48. The number of hydrogen-bond donors (Lipinski definition) is 4. The summed E-state index contributed by atoms with van der Waals surface area (Å²) in [7, 11) is 1.43. The molecule has 3 amide bonds. The van der Waals surface area contributed by atoms with Gasteiger partial charge in [0.1, 0.15) is 6.04 Å². The van der Waals surface area contributed by atoms with Crippen LogP contribution in [0.5, 0.6) is 0 Å². The fourth-order valence-corrected chi connectivity index (χ4v) is 0.864. The standard InChI is InChI=1S/C8H14N4O3S/c1-4(6(13)10-2)12-8(15)7(14)11-3-5(9)16/h4H,3H2,1-2H3,(H2,9,16)(H,10,13)(H,11,14)(H,12,15). The molecule has 0 bridgehead atoms. The molecule has 0 saturated carbocycles. The molecular formula is C8H14N4O3S. The topological polar surface area (TPSA) is 113 Å². The first kappa shape index (κ1) is 14.3. The molecule has 0 spiro atoms. The molecule has 0 radical (unpaired) electrons. The zero-order valence-corrected chi connectivity index (χ0v) is 9.81. The lowest BCUT2D eigenvalue weighted by molar-refractivity contribution is -0.140. The molecule has 1 atom stereocenters. The van der Waals surface area contributed by atoms with Gasteiger partial charge in [-0.3, -0.25) is 14.4 Å². The van der Waals surface area contributed by atoms with Gasteiger partial charge in [0.25, 0.3) is 0 Å². The fourth-order valence-electron chi connectivity index (χ4n) is 0.792. The predicted molar refractivity (Wildman–Crippen MR) is 61.5 cm³/mol. The number of amides is 3. The van der Waals surface area contributed by atoms with Gasteiger partial charge in [0.2, 0.25) is 5.91 Å². The highest BCUT2D eigenvalue weighted by atomic mass is 32.1. The minimum atomic E-state index is -0.910. The summed E-state index contributed by atoms with van der Waals surface area (Å²) < 4.78 is 0. The lowest BCUT2D eigenvalue weighted by Gasteiger charge is -2.11. The zero-order chi connectivity index (χ0) is 12.7. The van der Waals surface area contributed by atoms with Crippen LogP contribution in [0.4, 0.5) is 0 Å². The predicted octanol–water partition coefficient (Wildman–Crippen LogP) is -2.36. The zero-order valence-electron chi connectivity index (χ0n) is 8.99. The Labute approximate surface area is 98.1 Å². The van der Waals surface area contributed by atoms with Crippen LogP contribution in [-0.4, -0.2) is 42.3 Å². The molecule has 1 unspecified atom stereocenters. The molecule has 0 heterocycles. The normalized spacial score (nSPS) is 11.1. The van der Waals surface area contributed by atoms with E-state index in [4.69, 9.17) is 5.73 Å². The number of carbonyl (C=O) groups is 3. The highest BCUT2D eigenvalue weighted by Crippen LogP contribution is 1.81. The number of thiocarbonyl (C=S) groups is 1. The minimum absolute atomic E-state index is 0.0596.